The lowest BCUT2D eigenvalue weighted by molar-refractivity contribution is -0.213. The van der Waals surface area contributed by atoms with E-state index in [0.29, 0.717) is 11.3 Å². The molecule has 0 atom stereocenters. The summed E-state index contributed by atoms with van der Waals surface area (Å²) in [7, 11) is 0. The number of benzene rings is 1. The first-order valence-electron chi connectivity index (χ1n) is 10.8. The summed E-state index contributed by atoms with van der Waals surface area (Å²) in [5.74, 6) is 0.177. The van der Waals surface area contributed by atoms with E-state index in [9.17, 15) is 22.4 Å². The number of aryl methyl sites for hydroxylation is 1. The molecule has 1 aromatic carbocycles. The molecule has 2 rings (SSSR count). The number of phenols is 1. The summed E-state index contributed by atoms with van der Waals surface area (Å²) < 4.78 is 49.9. The molecule has 7 heteroatoms. The summed E-state index contributed by atoms with van der Waals surface area (Å²) in [6.45, 7) is 11.5. The zero-order valence-corrected chi connectivity index (χ0v) is 19.8. The van der Waals surface area contributed by atoms with E-state index < -0.39 is 23.8 Å². The molecule has 1 N–H and O–H groups in total. The van der Waals surface area contributed by atoms with Crippen LogP contribution in [0.3, 0.4) is 0 Å². The summed E-state index contributed by atoms with van der Waals surface area (Å²) in [5, 5.41) is 9.12. The number of Topliss-reactive ketones (excluding diaryl/α,β-unsaturated/α-hetero) is 1. The number of phenolic OH excluding ortho intramolecular Hbond substituents is 1. The second kappa shape index (κ2) is 12.8. The third-order valence-corrected chi connectivity index (χ3v) is 5.25. The zero-order chi connectivity index (χ0) is 24.4. The molecule has 0 saturated heterocycles. The summed E-state index contributed by atoms with van der Waals surface area (Å²) in [5.41, 5.74) is -0.0461. The topological polar surface area (TPSA) is 49.7 Å². The molecule has 1 fully saturated rings. The molecule has 0 aliphatic heterocycles. The molecule has 1 saturated carbocycles. The summed E-state index contributed by atoms with van der Waals surface area (Å²) >= 11 is 0. The van der Waals surface area contributed by atoms with Crippen molar-refractivity contribution in [3.63, 3.8) is 0 Å². The number of hydrogen-bond donors (Lipinski definition) is 1. The van der Waals surface area contributed by atoms with E-state index in [4.69, 9.17) is 5.11 Å². The fourth-order valence-electron chi connectivity index (χ4n) is 2.46. The van der Waals surface area contributed by atoms with Crippen LogP contribution in [-0.2, 0) is 4.79 Å². The largest absolute Gasteiger partial charge is 0.508 e. The van der Waals surface area contributed by atoms with Crippen LogP contribution in [-0.4, -0.2) is 22.8 Å². The Hall–Kier alpha value is -1.92. The fourth-order valence-corrected chi connectivity index (χ4v) is 2.46. The van der Waals surface area contributed by atoms with Crippen molar-refractivity contribution in [1.29, 1.82) is 0 Å². The Morgan fingerprint density at radius 3 is 2.00 bits per heavy atom. The van der Waals surface area contributed by atoms with Crippen molar-refractivity contribution in [2.75, 3.05) is 0 Å². The minimum absolute atomic E-state index is 0.0619. The number of alkyl halides is 3. The monoisotopic (exact) mass is 447 g/mol. The number of halogens is 4. The van der Waals surface area contributed by atoms with Gasteiger partial charge < -0.3 is 5.11 Å². The highest BCUT2D eigenvalue weighted by Gasteiger charge is 2.47. The van der Waals surface area contributed by atoms with Crippen LogP contribution in [0.1, 0.15) is 85.6 Å². The number of nitrogens with zero attached hydrogens (tertiary/aromatic N) is 1. The molecule has 0 radical (unpaired) electrons. The van der Waals surface area contributed by atoms with E-state index in [1.165, 1.54) is 25.3 Å². The molecular formula is C24H37F4NO2. The number of hydrogen-bond acceptors (Lipinski definition) is 3. The highest BCUT2D eigenvalue weighted by molar-refractivity contribution is 5.84. The number of aromatic hydroxyl groups is 1. The Kier molecular flexibility index (Phi) is 12.0. The van der Waals surface area contributed by atoms with Crippen molar-refractivity contribution in [2.24, 2.45) is 16.3 Å². The van der Waals surface area contributed by atoms with Gasteiger partial charge in [0.05, 0.1) is 5.41 Å². The average Bonchev–Trinajstić information content (AvgIpc) is 2.62. The van der Waals surface area contributed by atoms with Gasteiger partial charge >= 0.3 is 6.18 Å². The van der Waals surface area contributed by atoms with Gasteiger partial charge in [0.2, 0.25) is 0 Å². The van der Waals surface area contributed by atoms with Gasteiger partial charge in [-0.3, -0.25) is 9.79 Å². The third-order valence-electron chi connectivity index (χ3n) is 5.25. The maximum absolute atomic E-state index is 13.3. The van der Waals surface area contributed by atoms with Crippen LogP contribution < -0.4 is 0 Å². The SMILES string of the molecule is CC1CCC1.CCC(=O)CC(C)(C)C(F)(F)F.CCC(C)=Nc1c(C)cc(O)cc1F. The molecule has 1 aliphatic carbocycles. The van der Waals surface area contributed by atoms with Gasteiger partial charge in [-0.05, 0) is 37.8 Å². The van der Waals surface area contributed by atoms with Gasteiger partial charge in [-0.2, -0.15) is 13.2 Å². The molecular weight excluding hydrogens is 410 g/mol. The predicted molar refractivity (Wildman–Crippen MR) is 119 cm³/mol. The van der Waals surface area contributed by atoms with Crippen LogP contribution in [0.25, 0.3) is 0 Å². The summed E-state index contributed by atoms with van der Waals surface area (Å²) in [6.07, 6.45) is 0.700. The van der Waals surface area contributed by atoms with E-state index in [0.717, 1.165) is 38.0 Å². The lowest BCUT2D eigenvalue weighted by atomic mass is 9.86. The van der Waals surface area contributed by atoms with Crippen molar-refractivity contribution in [3.05, 3.63) is 23.5 Å². The highest BCUT2D eigenvalue weighted by atomic mass is 19.4. The quantitative estimate of drug-likeness (QED) is 0.366. The average molecular weight is 448 g/mol. The van der Waals surface area contributed by atoms with Crippen molar-refractivity contribution in [3.8, 4) is 5.75 Å². The van der Waals surface area contributed by atoms with Gasteiger partial charge in [0.15, 0.2) is 5.82 Å². The Morgan fingerprint density at radius 2 is 1.68 bits per heavy atom. The van der Waals surface area contributed by atoms with Crippen molar-refractivity contribution in [1.82, 2.24) is 0 Å². The third kappa shape index (κ3) is 10.8. The number of rotatable bonds is 5. The van der Waals surface area contributed by atoms with E-state index >= 15 is 0 Å². The van der Waals surface area contributed by atoms with E-state index in [1.807, 2.05) is 13.8 Å². The molecule has 3 nitrogen and oxygen atoms in total. The maximum atomic E-state index is 13.3. The van der Waals surface area contributed by atoms with Crippen molar-refractivity contribution in [2.45, 2.75) is 93.2 Å². The first-order chi connectivity index (χ1) is 14.1. The van der Waals surface area contributed by atoms with Crippen molar-refractivity contribution >= 4 is 17.2 Å². The maximum Gasteiger partial charge on any atom is 0.394 e. The number of carbonyl (C=O) groups excluding carboxylic acids is 1. The van der Waals surface area contributed by atoms with Crippen LogP contribution in [0.5, 0.6) is 5.75 Å². The van der Waals surface area contributed by atoms with Crippen LogP contribution >= 0.6 is 0 Å². The fraction of sp³-hybridized carbons (Fsp3) is 0.667. The Bertz CT molecular complexity index is 713. The minimum Gasteiger partial charge on any atom is -0.508 e. The molecule has 1 aliphatic rings. The Labute approximate surface area is 184 Å². The molecule has 178 valence electrons. The Morgan fingerprint density at radius 1 is 1.16 bits per heavy atom. The van der Waals surface area contributed by atoms with Gasteiger partial charge in [-0.15, -0.1) is 0 Å². The summed E-state index contributed by atoms with van der Waals surface area (Å²) in [4.78, 5) is 14.9. The summed E-state index contributed by atoms with van der Waals surface area (Å²) in [6, 6.07) is 2.58. The second-order valence-corrected chi connectivity index (χ2v) is 8.78. The van der Waals surface area contributed by atoms with E-state index in [-0.39, 0.29) is 18.0 Å². The lowest BCUT2D eigenvalue weighted by Crippen LogP contribution is -2.34. The van der Waals surface area contributed by atoms with Crippen molar-refractivity contribution < 1.29 is 27.5 Å². The van der Waals surface area contributed by atoms with Crippen LogP contribution in [0, 0.1) is 24.1 Å². The Balaban J connectivity index is 0.000000478. The highest BCUT2D eigenvalue weighted by Crippen LogP contribution is 2.40. The first kappa shape index (κ1) is 29.1. The zero-order valence-electron chi connectivity index (χ0n) is 19.8. The van der Waals surface area contributed by atoms with Gasteiger partial charge in [0.25, 0.3) is 0 Å². The number of aliphatic imine (C=N–C) groups is 1. The van der Waals surface area contributed by atoms with Crippen LogP contribution in [0.2, 0.25) is 0 Å². The van der Waals surface area contributed by atoms with Gasteiger partial charge in [-0.1, -0.05) is 53.9 Å². The lowest BCUT2D eigenvalue weighted by Gasteiger charge is -2.26. The number of ketones is 1. The smallest absolute Gasteiger partial charge is 0.394 e. The first-order valence-corrected chi connectivity index (χ1v) is 10.8. The molecule has 1 aromatic rings. The minimum atomic E-state index is -4.29. The van der Waals surface area contributed by atoms with E-state index in [1.54, 1.807) is 13.8 Å². The molecule has 0 amide bonds. The van der Waals surface area contributed by atoms with Crippen LogP contribution in [0.15, 0.2) is 17.1 Å². The molecule has 0 unspecified atom stereocenters. The molecule has 0 aromatic heterocycles. The van der Waals surface area contributed by atoms with Gasteiger partial charge in [0.1, 0.15) is 17.2 Å². The standard InChI is InChI=1S/C11H14FNO.C8H13F3O.C5H10/c1-4-8(3)13-11-7(2)5-9(14)6-10(11)12;1-4-6(12)5-7(2,3)8(9,10)11;1-5-3-2-4-5/h5-6,14H,4H2,1-3H3;4-5H2,1-3H3;5H,2-4H2,1H3. The van der Waals surface area contributed by atoms with Crippen LogP contribution in [0.4, 0.5) is 23.2 Å². The predicted octanol–water partition coefficient (Wildman–Crippen LogP) is 8.09. The normalized spacial score (nSPS) is 14.6. The van der Waals surface area contributed by atoms with Gasteiger partial charge in [-0.25, -0.2) is 4.39 Å². The molecule has 0 bridgehead atoms. The molecule has 0 heterocycles. The van der Waals surface area contributed by atoms with E-state index in [2.05, 4.69) is 11.9 Å². The second-order valence-electron chi connectivity index (χ2n) is 8.78. The van der Waals surface area contributed by atoms with Gasteiger partial charge in [0, 0.05) is 24.6 Å². The molecule has 31 heavy (non-hydrogen) atoms. The number of carbonyl (C=O) groups is 1. The molecule has 0 spiro atoms.